The van der Waals surface area contributed by atoms with Crippen LogP contribution >= 0.6 is 0 Å². The predicted molar refractivity (Wildman–Crippen MR) is 192 cm³/mol. The summed E-state index contributed by atoms with van der Waals surface area (Å²) >= 11 is 0. The Morgan fingerprint density at radius 3 is 1.11 bits per heavy atom. The van der Waals surface area contributed by atoms with Crippen molar-refractivity contribution in [1.29, 1.82) is 0 Å². The maximum absolute atomic E-state index is 11.2. The molecule has 374 valence electrons. The van der Waals surface area contributed by atoms with E-state index in [9.17, 15) is 91.9 Å². The molecule has 29 nitrogen and oxygen atoms in total. The molecular weight excluding hydrogens is 884 g/mol. The molecule has 0 unspecified atom stereocenters. The summed E-state index contributed by atoms with van der Waals surface area (Å²) in [5.74, 6) is 0. The van der Waals surface area contributed by atoms with Gasteiger partial charge in [-0.3, -0.25) is 0 Å². The van der Waals surface area contributed by atoms with E-state index in [4.69, 9.17) is 52.1 Å². The molecule has 0 saturated carbocycles. The van der Waals surface area contributed by atoms with E-state index in [-0.39, 0.29) is 0 Å². The van der Waals surface area contributed by atoms with Crippen LogP contribution in [0.25, 0.3) is 0 Å². The number of aliphatic hydroxyl groups is 18. The van der Waals surface area contributed by atoms with E-state index < -0.39 is 211 Å². The molecule has 6 heterocycles. The molecule has 29 atom stereocenters. The second-order valence-corrected chi connectivity index (χ2v) is 16.3. The molecular formula is C35H60O29. The summed E-state index contributed by atoms with van der Waals surface area (Å²) in [5, 5.41) is 188. The van der Waals surface area contributed by atoms with Crippen LogP contribution in [0.1, 0.15) is 6.92 Å². The minimum Gasteiger partial charge on any atom is -0.394 e. The maximum atomic E-state index is 11.2. The number of aliphatic hydroxyl groups excluding tert-OH is 18. The molecule has 0 radical (unpaired) electrons. The van der Waals surface area contributed by atoms with Gasteiger partial charge in [0.2, 0.25) is 0 Å². The van der Waals surface area contributed by atoms with Crippen LogP contribution in [0.15, 0.2) is 0 Å². The lowest BCUT2D eigenvalue weighted by molar-refractivity contribution is -0.392. The average Bonchev–Trinajstić information content (AvgIpc) is 3.28. The van der Waals surface area contributed by atoms with Crippen molar-refractivity contribution >= 4 is 0 Å². The van der Waals surface area contributed by atoms with E-state index in [1.165, 1.54) is 6.92 Å². The zero-order valence-corrected chi connectivity index (χ0v) is 33.8. The van der Waals surface area contributed by atoms with E-state index in [1.807, 2.05) is 0 Å². The Hall–Kier alpha value is -1.16. The van der Waals surface area contributed by atoms with Crippen molar-refractivity contribution in [2.24, 2.45) is 0 Å². The molecule has 0 aromatic heterocycles. The first-order chi connectivity index (χ1) is 30.3. The van der Waals surface area contributed by atoms with Crippen molar-refractivity contribution in [2.75, 3.05) is 33.0 Å². The number of ether oxygens (including phenoxy) is 11. The quantitative estimate of drug-likeness (QED) is 0.0769. The Morgan fingerprint density at radius 2 is 0.688 bits per heavy atom. The topological polar surface area (TPSA) is 466 Å². The van der Waals surface area contributed by atoms with Crippen LogP contribution in [0.3, 0.4) is 0 Å². The molecule has 29 heteroatoms. The predicted octanol–water partition coefficient (Wildman–Crippen LogP) is -12.4. The Balaban J connectivity index is 1.04. The molecule has 0 aromatic carbocycles. The van der Waals surface area contributed by atoms with E-state index in [0.29, 0.717) is 0 Å². The highest BCUT2D eigenvalue weighted by atomic mass is 16.8. The highest BCUT2D eigenvalue weighted by molar-refractivity contribution is 4.99. The van der Waals surface area contributed by atoms with Crippen LogP contribution in [0.4, 0.5) is 0 Å². The normalized spacial score (nSPS) is 54.1. The Morgan fingerprint density at radius 1 is 0.344 bits per heavy atom. The van der Waals surface area contributed by atoms with Gasteiger partial charge in [0.05, 0.1) is 39.1 Å². The van der Waals surface area contributed by atoms with Crippen molar-refractivity contribution in [3.63, 3.8) is 0 Å². The molecule has 6 fully saturated rings. The van der Waals surface area contributed by atoms with Gasteiger partial charge >= 0.3 is 0 Å². The zero-order chi connectivity index (χ0) is 47.1. The molecule has 0 amide bonds. The Labute approximate surface area is 362 Å². The lowest BCUT2D eigenvalue weighted by Crippen LogP contribution is -2.67. The first-order valence-electron chi connectivity index (χ1n) is 20.4. The molecule has 0 aromatic rings. The third-order valence-electron chi connectivity index (χ3n) is 12.0. The molecule has 0 bridgehead atoms. The highest BCUT2D eigenvalue weighted by Gasteiger charge is 2.56. The molecule has 6 aliphatic rings. The molecule has 64 heavy (non-hydrogen) atoms. The summed E-state index contributed by atoms with van der Waals surface area (Å²) in [4.78, 5) is 0. The van der Waals surface area contributed by atoms with Gasteiger partial charge < -0.3 is 144 Å². The minimum atomic E-state index is -2.13. The standard InChI is InChI=1S/C35H60O29/c1-7-26(16(43)20(47)30(53)55-7)61-31-21(48)14(41)12(6-54-31)60-32-23(50)17(44)27(9(3-37)57-32)63-34-25(52)19(46)29(11(5-39)59-34)64-35-24(51)18(45)28(10(4-38)58-35)62-33-22(49)15(42)13(40)8(2-36)56-33/h7-53H,2-6H2,1H3/t7-,8+,9-,10+,11+,12+,13+,14-,15-,16-,17-,18+,19+,20+,21-,22-,23-,24-,25-,26-,27-,28+,29+,30-,31-,32+,33-,34-,35-/m0/s1. The van der Waals surface area contributed by atoms with Crippen LogP contribution in [-0.4, -0.2) is 303 Å². The van der Waals surface area contributed by atoms with Crippen LogP contribution in [0.5, 0.6) is 0 Å². The summed E-state index contributed by atoms with van der Waals surface area (Å²) < 4.78 is 60.6. The van der Waals surface area contributed by atoms with Gasteiger partial charge in [-0.1, -0.05) is 0 Å². The van der Waals surface area contributed by atoms with Gasteiger partial charge in [-0.25, -0.2) is 0 Å². The third kappa shape index (κ3) is 10.5. The first kappa shape index (κ1) is 52.2. The van der Waals surface area contributed by atoms with Gasteiger partial charge in [0.1, 0.15) is 134 Å². The monoisotopic (exact) mass is 944 g/mol. The van der Waals surface area contributed by atoms with Gasteiger partial charge in [-0.05, 0) is 6.92 Å². The van der Waals surface area contributed by atoms with Gasteiger partial charge in [0.15, 0.2) is 37.7 Å². The van der Waals surface area contributed by atoms with Gasteiger partial charge in [-0.2, -0.15) is 0 Å². The first-order valence-corrected chi connectivity index (χ1v) is 20.4. The van der Waals surface area contributed by atoms with E-state index >= 15 is 0 Å². The van der Waals surface area contributed by atoms with Crippen LogP contribution in [0, 0.1) is 0 Å². The van der Waals surface area contributed by atoms with Crippen LogP contribution in [-0.2, 0) is 52.1 Å². The number of hydrogen-bond acceptors (Lipinski definition) is 29. The lowest BCUT2D eigenvalue weighted by atomic mass is 9.95. The van der Waals surface area contributed by atoms with Gasteiger partial charge in [-0.15, -0.1) is 0 Å². The van der Waals surface area contributed by atoms with E-state index in [2.05, 4.69) is 0 Å². The van der Waals surface area contributed by atoms with E-state index in [0.717, 1.165) is 0 Å². The van der Waals surface area contributed by atoms with Crippen molar-refractivity contribution in [2.45, 2.75) is 185 Å². The Kier molecular flexibility index (Phi) is 18.0. The fourth-order valence-electron chi connectivity index (χ4n) is 8.19. The minimum absolute atomic E-state index is 0.552. The Bertz CT molecular complexity index is 1430. The summed E-state index contributed by atoms with van der Waals surface area (Å²) in [6.07, 6.45) is -51.5. The maximum Gasteiger partial charge on any atom is 0.187 e. The molecule has 18 N–H and O–H groups in total. The van der Waals surface area contributed by atoms with Crippen molar-refractivity contribution in [3.8, 4) is 0 Å². The molecule has 6 rings (SSSR count). The third-order valence-corrected chi connectivity index (χ3v) is 12.0. The van der Waals surface area contributed by atoms with Crippen molar-refractivity contribution < 1.29 is 144 Å². The largest absolute Gasteiger partial charge is 0.394 e. The van der Waals surface area contributed by atoms with E-state index in [1.54, 1.807) is 0 Å². The van der Waals surface area contributed by atoms with Crippen LogP contribution in [0.2, 0.25) is 0 Å². The smallest absolute Gasteiger partial charge is 0.187 e. The summed E-state index contributed by atoms with van der Waals surface area (Å²) in [6.45, 7) is -2.85. The summed E-state index contributed by atoms with van der Waals surface area (Å²) in [7, 11) is 0. The molecule has 6 saturated heterocycles. The average molecular weight is 945 g/mol. The van der Waals surface area contributed by atoms with Crippen molar-refractivity contribution in [3.05, 3.63) is 0 Å². The summed E-state index contributed by atoms with van der Waals surface area (Å²) in [5.41, 5.74) is 0. The van der Waals surface area contributed by atoms with Gasteiger partial charge in [0, 0.05) is 0 Å². The SMILES string of the molecule is C[C@@H]1O[C@H](O)[C@H](O)[C@H](O)[C@H]1O[C@@H]1OC[C@@H](O[C@H]2O[C@@H](CO)[C@H](O[C@@H]3O[C@H](CO)[C@@H](O[C@@H]4O[C@H](CO)[C@@H](O[C@@H]5O[C@H](CO)[C@@H](O)[C@H](O)[C@@H]5O)[C@H](O)[C@@H]4O)[C@H](O)[C@@H]3O)[C@@H](O)[C@@H]2O)[C@H](O)[C@@H]1O. The summed E-state index contributed by atoms with van der Waals surface area (Å²) in [6, 6.07) is 0. The molecule has 6 aliphatic heterocycles. The fourth-order valence-corrected chi connectivity index (χ4v) is 8.19. The second-order valence-electron chi connectivity index (χ2n) is 16.3. The molecule has 0 spiro atoms. The van der Waals surface area contributed by atoms with Crippen molar-refractivity contribution in [1.82, 2.24) is 0 Å². The number of rotatable bonds is 14. The molecule has 0 aliphatic carbocycles. The zero-order valence-electron chi connectivity index (χ0n) is 33.8. The van der Waals surface area contributed by atoms with Gasteiger partial charge in [0.25, 0.3) is 0 Å². The van der Waals surface area contributed by atoms with Crippen LogP contribution < -0.4 is 0 Å². The lowest BCUT2D eigenvalue weighted by Gasteiger charge is -2.49. The fraction of sp³-hybridized carbons (Fsp3) is 1.00. The highest BCUT2D eigenvalue weighted by Crippen LogP contribution is 2.35. The number of hydrogen-bond donors (Lipinski definition) is 18. The second kappa shape index (κ2) is 22.1.